The highest BCUT2D eigenvalue weighted by Crippen LogP contribution is 2.25. The van der Waals surface area contributed by atoms with Crippen molar-refractivity contribution >= 4 is 28.7 Å². The molecule has 0 bridgehead atoms. The van der Waals surface area contributed by atoms with Gasteiger partial charge in [0, 0.05) is 6.08 Å². The molecule has 0 aliphatic carbocycles. The van der Waals surface area contributed by atoms with Gasteiger partial charge in [-0.25, -0.2) is 14.4 Å². The second-order valence-corrected chi connectivity index (χ2v) is 11.8. The smallest absolute Gasteiger partial charge is 0.343 e. The van der Waals surface area contributed by atoms with E-state index in [0.717, 1.165) is 55.4 Å². The van der Waals surface area contributed by atoms with E-state index in [0.29, 0.717) is 66.6 Å². The van der Waals surface area contributed by atoms with Gasteiger partial charge in [0.15, 0.2) is 6.26 Å². The molecule has 0 saturated carbocycles. The Morgan fingerprint density at radius 2 is 1.27 bits per heavy atom. The van der Waals surface area contributed by atoms with Crippen LogP contribution in [0.15, 0.2) is 116 Å². The Labute approximate surface area is 303 Å². The number of carbonyl (C=O) groups excluding carboxylic acids is 3. The number of benzene rings is 4. The van der Waals surface area contributed by atoms with Crippen LogP contribution in [-0.4, -0.2) is 42.8 Å². The summed E-state index contributed by atoms with van der Waals surface area (Å²) in [5.74, 6) is -0.0223. The van der Waals surface area contributed by atoms with Crippen LogP contribution in [0.25, 0.3) is 10.8 Å². The first-order valence-electron chi connectivity index (χ1n) is 17.3. The van der Waals surface area contributed by atoms with Crippen molar-refractivity contribution in [3.63, 3.8) is 0 Å². The summed E-state index contributed by atoms with van der Waals surface area (Å²) >= 11 is 0. The molecule has 4 rings (SSSR count). The number of hydrogen-bond donors (Lipinski definition) is 1. The molecule has 0 aliphatic heterocycles. The number of hydrogen-bond acceptors (Lipinski definition) is 10. The maximum atomic E-state index is 12.9. The van der Waals surface area contributed by atoms with Gasteiger partial charge in [-0.3, -0.25) is 0 Å². The monoisotopic (exact) mass is 708 g/mol. The number of rotatable bonds is 22. The fraction of sp³-hybridized carbons (Fsp3) is 0.286. The van der Waals surface area contributed by atoms with Crippen LogP contribution in [0.4, 0.5) is 0 Å². The Morgan fingerprint density at radius 1 is 0.673 bits per heavy atom. The Bertz CT molecular complexity index is 1810. The Kier molecular flexibility index (Phi) is 16.2. The first-order chi connectivity index (χ1) is 25.4. The van der Waals surface area contributed by atoms with Crippen molar-refractivity contribution in [2.75, 3.05) is 19.8 Å². The van der Waals surface area contributed by atoms with Gasteiger partial charge in [0.2, 0.25) is 0 Å². The van der Waals surface area contributed by atoms with Crippen LogP contribution in [0.1, 0.15) is 83.7 Å². The molecule has 10 nitrogen and oxygen atoms in total. The number of fused-ring (bicyclic) bond motifs is 1. The Hall–Kier alpha value is -5.67. The van der Waals surface area contributed by atoms with Crippen molar-refractivity contribution < 1.29 is 48.2 Å². The summed E-state index contributed by atoms with van der Waals surface area (Å²) in [7, 11) is 0. The molecule has 0 saturated heterocycles. The van der Waals surface area contributed by atoms with Crippen LogP contribution in [0.3, 0.4) is 0 Å². The van der Waals surface area contributed by atoms with E-state index < -0.39 is 24.0 Å². The van der Waals surface area contributed by atoms with Gasteiger partial charge in [0.05, 0.1) is 37.1 Å². The molecule has 0 aliphatic rings. The zero-order valence-corrected chi connectivity index (χ0v) is 29.1. The van der Waals surface area contributed by atoms with E-state index in [-0.39, 0.29) is 0 Å². The summed E-state index contributed by atoms with van der Waals surface area (Å²) in [6.07, 6.45) is 8.32. The Morgan fingerprint density at radius 3 is 2.02 bits per heavy atom. The van der Waals surface area contributed by atoms with Gasteiger partial charge in [-0.05, 0) is 116 Å². The molecule has 272 valence electrons. The Balaban J connectivity index is 1.19. The van der Waals surface area contributed by atoms with Crippen molar-refractivity contribution in [1.82, 2.24) is 0 Å². The fourth-order valence-electron chi connectivity index (χ4n) is 5.13. The normalized spacial score (nSPS) is 11.2. The van der Waals surface area contributed by atoms with E-state index in [4.69, 9.17) is 28.7 Å². The number of carbonyl (C=O) groups is 3. The molecule has 0 amide bonds. The molecule has 4 aromatic carbocycles. The van der Waals surface area contributed by atoms with Crippen molar-refractivity contribution in [2.24, 2.45) is 0 Å². The first-order valence-corrected chi connectivity index (χ1v) is 17.3. The molecule has 0 fully saturated rings. The van der Waals surface area contributed by atoms with Crippen molar-refractivity contribution in [2.45, 2.75) is 57.5 Å². The predicted molar refractivity (Wildman–Crippen MR) is 196 cm³/mol. The molecule has 52 heavy (non-hydrogen) atoms. The second-order valence-electron chi connectivity index (χ2n) is 11.8. The molecule has 1 atom stereocenters. The fourth-order valence-corrected chi connectivity index (χ4v) is 5.13. The topological polar surface area (TPSA) is 127 Å². The number of unbranched alkanes of at least 4 members (excludes halogenated alkanes) is 5. The third-order valence-corrected chi connectivity index (χ3v) is 7.95. The highest BCUT2D eigenvalue weighted by molar-refractivity contribution is 5.97. The van der Waals surface area contributed by atoms with Gasteiger partial charge < -0.3 is 28.9 Å². The first kappa shape index (κ1) is 39.1. The molecule has 0 aromatic heterocycles. The summed E-state index contributed by atoms with van der Waals surface area (Å²) in [4.78, 5) is 46.4. The van der Waals surface area contributed by atoms with Crippen molar-refractivity contribution in [1.29, 1.82) is 0 Å². The predicted octanol–water partition coefficient (Wildman–Crippen LogP) is 8.79. The standard InChI is InChI=1S/C42H44O10/c1-3-25-49-50-28-11-6-5-9-26-47-36-21-23-37(24-22-36)51-42(46)35-18-17-34-30-38(20-19-33(34)29-35)52-41(45)32-15-13-31(14-16-32)39(43)12-8-7-10-27-48-40(44)4-2/h4,13-25,29-30,39,43H,1-2,5-12,26-28H2. The van der Waals surface area contributed by atoms with Gasteiger partial charge in [-0.2, -0.15) is 4.89 Å². The third kappa shape index (κ3) is 13.2. The van der Waals surface area contributed by atoms with Crippen LogP contribution in [0.2, 0.25) is 0 Å². The molecule has 0 radical (unpaired) electrons. The summed E-state index contributed by atoms with van der Waals surface area (Å²) in [5, 5.41) is 12.1. The lowest BCUT2D eigenvalue weighted by molar-refractivity contribution is -0.248. The maximum absolute atomic E-state index is 12.9. The van der Waals surface area contributed by atoms with E-state index in [1.807, 2.05) is 0 Å². The molecule has 4 aromatic rings. The highest BCUT2D eigenvalue weighted by Gasteiger charge is 2.14. The minimum Gasteiger partial charge on any atom is -0.494 e. The summed E-state index contributed by atoms with van der Waals surface area (Å²) in [5.41, 5.74) is 3.89. The minimum absolute atomic E-state index is 0.324. The number of esters is 3. The van der Waals surface area contributed by atoms with Crippen molar-refractivity contribution in [3.05, 3.63) is 133 Å². The van der Waals surface area contributed by atoms with E-state index in [1.165, 1.54) is 6.26 Å². The summed E-state index contributed by atoms with van der Waals surface area (Å²) in [6.45, 7) is 8.14. The zero-order chi connectivity index (χ0) is 37.0. The van der Waals surface area contributed by atoms with Gasteiger partial charge in [-0.15, -0.1) is 0 Å². The lowest BCUT2D eigenvalue weighted by Crippen LogP contribution is -2.09. The number of aliphatic hydroxyl groups excluding tert-OH is 1. The third-order valence-electron chi connectivity index (χ3n) is 7.95. The second kappa shape index (κ2) is 21.5. The quantitative estimate of drug-likeness (QED) is 0.0124. The van der Waals surface area contributed by atoms with Crippen LogP contribution < -0.4 is 14.2 Å². The van der Waals surface area contributed by atoms with E-state index in [9.17, 15) is 19.5 Å². The average Bonchev–Trinajstić information content (AvgIpc) is 3.17. The largest absolute Gasteiger partial charge is 0.494 e. The lowest BCUT2D eigenvalue weighted by Gasteiger charge is -2.12. The molecule has 10 heteroatoms. The molecular formula is C42H44O10. The molecule has 0 heterocycles. The van der Waals surface area contributed by atoms with Crippen LogP contribution >= 0.6 is 0 Å². The molecule has 1 N–H and O–H groups in total. The van der Waals surface area contributed by atoms with Gasteiger partial charge in [0.1, 0.15) is 17.2 Å². The number of aliphatic hydroxyl groups is 1. The van der Waals surface area contributed by atoms with Crippen molar-refractivity contribution in [3.8, 4) is 17.2 Å². The van der Waals surface area contributed by atoms with Crippen LogP contribution in [0, 0.1) is 0 Å². The molecule has 1 unspecified atom stereocenters. The highest BCUT2D eigenvalue weighted by atomic mass is 17.2. The SMILES string of the molecule is C=C=COOCCCCCCOc1ccc(OC(=O)c2ccc3cc(OC(=O)c4ccc(C(O)CCCCCOC(=O)C=C)cc4)ccc3c2)cc1. The van der Waals surface area contributed by atoms with E-state index in [1.54, 1.807) is 84.9 Å². The summed E-state index contributed by atoms with van der Waals surface area (Å²) < 4.78 is 21.9. The average molecular weight is 709 g/mol. The van der Waals surface area contributed by atoms with Gasteiger partial charge >= 0.3 is 17.9 Å². The molecule has 0 spiro atoms. The molecular weight excluding hydrogens is 664 g/mol. The summed E-state index contributed by atoms with van der Waals surface area (Å²) in [6, 6.07) is 23.9. The van der Waals surface area contributed by atoms with Gasteiger partial charge in [-0.1, -0.05) is 56.0 Å². The van der Waals surface area contributed by atoms with Gasteiger partial charge in [0.25, 0.3) is 0 Å². The van der Waals surface area contributed by atoms with E-state index in [2.05, 4.69) is 18.9 Å². The minimum atomic E-state index is -0.672. The zero-order valence-electron chi connectivity index (χ0n) is 29.1. The number of ether oxygens (including phenoxy) is 4. The van der Waals surface area contributed by atoms with Crippen LogP contribution in [0.5, 0.6) is 17.2 Å². The van der Waals surface area contributed by atoms with E-state index >= 15 is 0 Å². The van der Waals surface area contributed by atoms with Crippen LogP contribution in [-0.2, 0) is 19.3 Å². The lowest BCUT2D eigenvalue weighted by atomic mass is 10.0. The maximum Gasteiger partial charge on any atom is 0.343 e.